The molecule has 2 aromatic rings. The molecule has 0 aliphatic carbocycles. The van der Waals surface area contributed by atoms with Gasteiger partial charge >= 0.3 is 0 Å². The Balaban J connectivity index is 1.60. The highest BCUT2D eigenvalue weighted by molar-refractivity contribution is 6.02. The highest BCUT2D eigenvalue weighted by Gasteiger charge is 2.17. The van der Waals surface area contributed by atoms with Crippen LogP contribution in [0.3, 0.4) is 0 Å². The van der Waals surface area contributed by atoms with Crippen LogP contribution in [0.5, 0.6) is 0 Å². The fourth-order valence-corrected chi connectivity index (χ4v) is 3.04. The summed E-state index contributed by atoms with van der Waals surface area (Å²) in [6, 6.07) is 7.90. The summed E-state index contributed by atoms with van der Waals surface area (Å²) in [5, 5.41) is 2.88. The van der Waals surface area contributed by atoms with E-state index in [0.717, 1.165) is 44.2 Å². The summed E-state index contributed by atoms with van der Waals surface area (Å²) >= 11 is 0. The summed E-state index contributed by atoms with van der Waals surface area (Å²) in [6.07, 6.45) is 3.25. The Bertz CT molecular complexity index is 719. The van der Waals surface area contributed by atoms with Crippen molar-refractivity contribution in [2.75, 3.05) is 42.9 Å². The number of hydrogen-bond donors (Lipinski definition) is 1. The predicted octanol–water partition coefficient (Wildman–Crippen LogP) is 2.99. The van der Waals surface area contributed by atoms with Crippen molar-refractivity contribution in [2.45, 2.75) is 26.7 Å². The molecule has 138 valence electrons. The summed E-state index contributed by atoms with van der Waals surface area (Å²) in [4.78, 5) is 25.7. The van der Waals surface area contributed by atoms with E-state index in [2.05, 4.69) is 45.9 Å². The number of carbonyl (C=O) groups is 1. The zero-order valence-corrected chi connectivity index (χ0v) is 15.8. The molecule has 1 saturated heterocycles. The van der Waals surface area contributed by atoms with Gasteiger partial charge in [0.1, 0.15) is 11.5 Å². The molecule has 1 aliphatic heterocycles. The van der Waals surface area contributed by atoms with Crippen LogP contribution in [0.1, 0.15) is 42.7 Å². The summed E-state index contributed by atoms with van der Waals surface area (Å²) in [7, 11) is 0. The van der Waals surface area contributed by atoms with Gasteiger partial charge in [0.15, 0.2) is 0 Å². The molecule has 1 N–H and O–H groups in total. The maximum absolute atomic E-state index is 12.4. The number of rotatable bonds is 5. The molecular weight excluding hydrogens is 326 g/mol. The maximum Gasteiger partial charge on any atom is 0.275 e. The molecule has 1 fully saturated rings. The van der Waals surface area contributed by atoms with Crippen LogP contribution in [0.15, 0.2) is 36.7 Å². The molecule has 0 spiro atoms. The minimum atomic E-state index is -0.239. The number of anilines is 2. The van der Waals surface area contributed by atoms with Crippen molar-refractivity contribution in [1.82, 2.24) is 14.9 Å². The molecule has 0 bridgehead atoms. The van der Waals surface area contributed by atoms with Gasteiger partial charge in [0.25, 0.3) is 5.91 Å². The van der Waals surface area contributed by atoms with Crippen LogP contribution in [0, 0.1) is 0 Å². The fraction of sp³-hybridized carbons (Fsp3) is 0.450. The highest BCUT2D eigenvalue weighted by atomic mass is 16.1. The van der Waals surface area contributed by atoms with Crippen molar-refractivity contribution in [3.05, 3.63) is 47.9 Å². The van der Waals surface area contributed by atoms with Gasteiger partial charge in [-0.25, -0.2) is 9.97 Å². The van der Waals surface area contributed by atoms with Gasteiger partial charge in [0, 0.05) is 31.9 Å². The Morgan fingerprint density at radius 3 is 2.31 bits per heavy atom. The van der Waals surface area contributed by atoms with Crippen LogP contribution >= 0.6 is 0 Å². The molecule has 26 heavy (non-hydrogen) atoms. The van der Waals surface area contributed by atoms with Crippen molar-refractivity contribution in [2.24, 2.45) is 0 Å². The molecule has 3 rings (SSSR count). The molecule has 1 aliphatic rings. The zero-order chi connectivity index (χ0) is 18.5. The van der Waals surface area contributed by atoms with E-state index >= 15 is 0 Å². The number of nitrogens with zero attached hydrogens (tertiary/aromatic N) is 4. The molecule has 6 nitrogen and oxygen atoms in total. The van der Waals surface area contributed by atoms with Crippen LogP contribution in [-0.2, 0) is 0 Å². The van der Waals surface area contributed by atoms with E-state index < -0.39 is 0 Å². The summed E-state index contributed by atoms with van der Waals surface area (Å²) in [5.74, 6) is 1.06. The Morgan fingerprint density at radius 1 is 1.08 bits per heavy atom. The molecule has 1 aromatic carbocycles. The topological polar surface area (TPSA) is 61.4 Å². The molecule has 0 atom stereocenters. The van der Waals surface area contributed by atoms with E-state index in [1.807, 2.05) is 24.3 Å². The Labute approximate surface area is 155 Å². The van der Waals surface area contributed by atoms with E-state index in [1.165, 1.54) is 5.56 Å². The molecule has 2 heterocycles. The molecule has 0 unspecified atom stereocenters. The Kier molecular flexibility index (Phi) is 5.83. The first-order valence-corrected chi connectivity index (χ1v) is 9.27. The highest BCUT2D eigenvalue weighted by Crippen LogP contribution is 2.18. The van der Waals surface area contributed by atoms with E-state index in [4.69, 9.17) is 0 Å². The summed E-state index contributed by atoms with van der Waals surface area (Å²) < 4.78 is 0. The number of aromatic nitrogens is 2. The van der Waals surface area contributed by atoms with Gasteiger partial charge < -0.3 is 15.1 Å². The number of likely N-dealkylation sites (N-methyl/N-ethyl adjacent to an activating group) is 1. The molecule has 1 aromatic heterocycles. The second kappa shape index (κ2) is 8.27. The summed E-state index contributed by atoms with van der Waals surface area (Å²) in [6.45, 7) is 11.5. The minimum Gasteiger partial charge on any atom is -0.353 e. The Morgan fingerprint density at radius 2 is 1.77 bits per heavy atom. The van der Waals surface area contributed by atoms with Gasteiger partial charge in [-0.3, -0.25) is 4.79 Å². The third-order valence-corrected chi connectivity index (χ3v) is 4.85. The van der Waals surface area contributed by atoms with Crippen LogP contribution in [0.4, 0.5) is 11.5 Å². The van der Waals surface area contributed by atoms with Gasteiger partial charge in [-0.1, -0.05) is 32.9 Å². The van der Waals surface area contributed by atoms with Gasteiger partial charge in [-0.15, -0.1) is 0 Å². The quantitative estimate of drug-likeness (QED) is 0.895. The second-order valence-corrected chi connectivity index (χ2v) is 6.91. The first kappa shape index (κ1) is 18.3. The number of benzene rings is 1. The van der Waals surface area contributed by atoms with Crippen LogP contribution in [-0.4, -0.2) is 53.5 Å². The lowest BCUT2D eigenvalue weighted by Crippen LogP contribution is -2.46. The molecular formula is C20H27N5O. The monoisotopic (exact) mass is 353 g/mol. The van der Waals surface area contributed by atoms with Crippen molar-refractivity contribution in [3.8, 4) is 0 Å². The number of piperazine rings is 1. The largest absolute Gasteiger partial charge is 0.353 e. The van der Waals surface area contributed by atoms with Crippen LogP contribution in [0.2, 0.25) is 0 Å². The number of hydrogen-bond acceptors (Lipinski definition) is 5. The first-order valence-electron chi connectivity index (χ1n) is 9.27. The number of nitrogens with one attached hydrogen (secondary N) is 1. The smallest absolute Gasteiger partial charge is 0.275 e. The predicted molar refractivity (Wildman–Crippen MR) is 105 cm³/mol. The lowest BCUT2D eigenvalue weighted by molar-refractivity contribution is 0.102. The van der Waals surface area contributed by atoms with Crippen molar-refractivity contribution in [1.29, 1.82) is 0 Å². The average molecular weight is 353 g/mol. The third kappa shape index (κ3) is 4.38. The van der Waals surface area contributed by atoms with Gasteiger partial charge in [0.2, 0.25) is 0 Å². The number of carbonyl (C=O) groups excluding carboxylic acids is 1. The van der Waals surface area contributed by atoms with Gasteiger partial charge in [-0.05, 0) is 30.2 Å². The van der Waals surface area contributed by atoms with Gasteiger partial charge in [-0.2, -0.15) is 0 Å². The normalized spacial score (nSPS) is 15.3. The fourth-order valence-electron chi connectivity index (χ4n) is 3.04. The lowest BCUT2D eigenvalue weighted by Gasteiger charge is -2.34. The van der Waals surface area contributed by atoms with Crippen molar-refractivity contribution < 1.29 is 4.79 Å². The molecule has 0 saturated carbocycles. The van der Waals surface area contributed by atoms with E-state index in [0.29, 0.717) is 11.6 Å². The second-order valence-electron chi connectivity index (χ2n) is 6.91. The third-order valence-electron chi connectivity index (χ3n) is 4.85. The van der Waals surface area contributed by atoms with E-state index in [-0.39, 0.29) is 5.91 Å². The van der Waals surface area contributed by atoms with Gasteiger partial charge in [0.05, 0.1) is 12.4 Å². The average Bonchev–Trinajstić information content (AvgIpc) is 2.68. The maximum atomic E-state index is 12.4. The standard InChI is InChI=1S/C20H27N5O/c1-4-24-9-11-25(12-10-24)19-14-21-18(13-22-19)20(26)23-17-7-5-16(6-8-17)15(2)3/h5-8,13-15H,4,9-12H2,1-3H3,(H,23,26). The molecule has 6 heteroatoms. The SMILES string of the molecule is CCN1CCN(c2cnc(C(=O)Nc3ccc(C(C)C)cc3)cn2)CC1. The molecule has 1 amide bonds. The van der Waals surface area contributed by atoms with E-state index in [9.17, 15) is 4.79 Å². The van der Waals surface area contributed by atoms with Crippen LogP contribution < -0.4 is 10.2 Å². The Hall–Kier alpha value is -2.47. The zero-order valence-electron chi connectivity index (χ0n) is 15.8. The number of amides is 1. The van der Waals surface area contributed by atoms with E-state index in [1.54, 1.807) is 12.4 Å². The van der Waals surface area contributed by atoms with Crippen molar-refractivity contribution in [3.63, 3.8) is 0 Å². The van der Waals surface area contributed by atoms with Crippen molar-refractivity contribution >= 4 is 17.4 Å². The summed E-state index contributed by atoms with van der Waals surface area (Å²) in [5.41, 5.74) is 2.34. The van der Waals surface area contributed by atoms with Crippen LogP contribution in [0.25, 0.3) is 0 Å². The molecule has 0 radical (unpaired) electrons. The minimum absolute atomic E-state index is 0.239. The first-order chi connectivity index (χ1) is 12.6. The lowest BCUT2D eigenvalue weighted by atomic mass is 10.0.